The number of esters is 1. The number of ether oxygens (including phenoxy) is 1. The lowest BCUT2D eigenvalue weighted by atomic mass is 9.95. The van der Waals surface area contributed by atoms with Gasteiger partial charge in [-0.15, -0.1) is 11.3 Å². The Balaban J connectivity index is 2.44. The van der Waals surface area contributed by atoms with Gasteiger partial charge in [-0.3, -0.25) is 9.59 Å². The average molecular weight is 431 g/mol. The van der Waals surface area contributed by atoms with E-state index in [1.165, 1.54) is 0 Å². The van der Waals surface area contributed by atoms with E-state index >= 15 is 0 Å². The zero-order chi connectivity index (χ0) is 22.3. The highest BCUT2D eigenvalue weighted by atomic mass is 32.1. The van der Waals surface area contributed by atoms with Crippen LogP contribution in [-0.2, 0) is 9.53 Å². The Morgan fingerprint density at radius 3 is 2.23 bits per heavy atom. The summed E-state index contributed by atoms with van der Waals surface area (Å²) < 4.78 is 5.20. The van der Waals surface area contributed by atoms with Crippen molar-refractivity contribution in [2.75, 3.05) is 25.0 Å². The minimum absolute atomic E-state index is 0.149. The summed E-state index contributed by atoms with van der Waals surface area (Å²) in [5.41, 5.74) is 1.70. The van der Waals surface area contributed by atoms with Crippen LogP contribution in [0.5, 0.6) is 0 Å². The maximum Gasteiger partial charge on any atom is 0.341 e. The zero-order valence-electron chi connectivity index (χ0n) is 18.3. The lowest BCUT2D eigenvalue weighted by Crippen LogP contribution is -2.30. The van der Waals surface area contributed by atoms with E-state index in [1.54, 1.807) is 18.7 Å². The second-order valence-electron chi connectivity index (χ2n) is 6.82. The van der Waals surface area contributed by atoms with E-state index in [0.29, 0.717) is 35.0 Å². The van der Waals surface area contributed by atoms with E-state index in [-0.39, 0.29) is 29.9 Å². The van der Waals surface area contributed by atoms with Crippen LogP contribution in [0, 0.1) is 6.92 Å². The molecule has 2 aromatic rings. The topological polar surface area (TPSA) is 75.7 Å². The Labute approximate surface area is 182 Å². The number of benzene rings is 1. The van der Waals surface area contributed by atoms with Crippen molar-refractivity contribution in [3.63, 3.8) is 0 Å². The summed E-state index contributed by atoms with van der Waals surface area (Å²) in [6.45, 7) is 10.5. The molecule has 0 bridgehead atoms. The van der Waals surface area contributed by atoms with Gasteiger partial charge in [-0.2, -0.15) is 0 Å². The first-order chi connectivity index (χ1) is 14.4. The van der Waals surface area contributed by atoms with Gasteiger partial charge in [0.1, 0.15) is 5.00 Å². The Hall–Kier alpha value is -2.67. The fourth-order valence-corrected chi connectivity index (χ4v) is 4.53. The van der Waals surface area contributed by atoms with Gasteiger partial charge in [-0.1, -0.05) is 37.3 Å². The molecule has 0 aliphatic heterocycles. The van der Waals surface area contributed by atoms with Crippen LogP contribution in [0.25, 0.3) is 0 Å². The maximum absolute atomic E-state index is 13.1. The molecule has 1 atom stereocenters. The van der Waals surface area contributed by atoms with Crippen LogP contribution in [-0.4, -0.2) is 42.4 Å². The fraction of sp³-hybridized carbons (Fsp3) is 0.435. The van der Waals surface area contributed by atoms with E-state index in [4.69, 9.17) is 4.74 Å². The Morgan fingerprint density at radius 1 is 1.07 bits per heavy atom. The Kier molecular flexibility index (Phi) is 8.59. The number of carbonyl (C=O) groups is 3. The van der Waals surface area contributed by atoms with Crippen LogP contribution in [0.3, 0.4) is 0 Å². The molecule has 0 aliphatic rings. The lowest BCUT2D eigenvalue weighted by molar-refractivity contribution is -0.117. The highest BCUT2D eigenvalue weighted by Gasteiger charge is 2.29. The molecule has 1 aromatic carbocycles. The van der Waals surface area contributed by atoms with Gasteiger partial charge >= 0.3 is 5.97 Å². The molecule has 7 heteroatoms. The fourth-order valence-electron chi connectivity index (χ4n) is 3.37. The maximum atomic E-state index is 13.1. The molecule has 162 valence electrons. The molecule has 0 aliphatic carbocycles. The van der Waals surface area contributed by atoms with Gasteiger partial charge in [-0.05, 0) is 45.2 Å². The van der Waals surface area contributed by atoms with Crippen LogP contribution >= 0.6 is 11.3 Å². The highest BCUT2D eigenvalue weighted by Crippen LogP contribution is 2.35. The molecule has 30 heavy (non-hydrogen) atoms. The van der Waals surface area contributed by atoms with Crippen LogP contribution < -0.4 is 5.32 Å². The second kappa shape index (κ2) is 10.9. The zero-order valence-corrected chi connectivity index (χ0v) is 19.1. The lowest BCUT2D eigenvalue weighted by Gasteiger charge is -2.18. The third-order valence-corrected chi connectivity index (χ3v) is 6.23. The number of amides is 2. The third-order valence-electron chi connectivity index (χ3n) is 5.03. The largest absolute Gasteiger partial charge is 0.462 e. The first kappa shape index (κ1) is 23.6. The van der Waals surface area contributed by atoms with E-state index in [1.807, 2.05) is 51.1 Å². The Morgan fingerprint density at radius 2 is 1.70 bits per heavy atom. The van der Waals surface area contributed by atoms with Gasteiger partial charge in [-0.25, -0.2) is 4.79 Å². The molecule has 0 radical (unpaired) electrons. The number of hydrogen-bond acceptors (Lipinski definition) is 5. The van der Waals surface area contributed by atoms with E-state index in [9.17, 15) is 14.4 Å². The molecule has 1 N–H and O–H groups in total. The van der Waals surface area contributed by atoms with Crippen molar-refractivity contribution < 1.29 is 19.1 Å². The van der Waals surface area contributed by atoms with Gasteiger partial charge in [0.05, 0.1) is 23.0 Å². The standard InChI is InChI=1S/C23H30N2O4S/c1-6-17(16-13-11-10-12-14-16)20(26)24-21-18(23(28)29-9-4)15(5)19(30-21)22(27)25(7-2)8-3/h10-14,17H,6-9H2,1-5H3,(H,24,26). The number of thiophene rings is 1. The third kappa shape index (κ3) is 5.08. The molecule has 1 unspecified atom stereocenters. The van der Waals surface area contributed by atoms with Gasteiger partial charge in [0.2, 0.25) is 5.91 Å². The van der Waals surface area contributed by atoms with Crippen molar-refractivity contribution in [2.24, 2.45) is 0 Å². The van der Waals surface area contributed by atoms with Crippen molar-refractivity contribution in [1.29, 1.82) is 0 Å². The van der Waals surface area contributed by atoms with Gasteiger partial charge in [0.15, 0.2) is 0 Å². The van der Waals surface area contributed by atoms with E-state index in [2.05, 4.69) is 5.32 Å². The summed E-state index contributed by atoms with van der Waals surface area (Å²) in [5.74, 6) is -1.25. The van der Waals surface area contributed by atoms with Crippen molar-refractivity contribution >= 4 is 34.1 Å². The summed E-state index contributed by atoms with van der Waals surface area (Å²) in [6.07, 6.45) is 0.611. The van der Waals surface area contributed by atoms with Crippen molar-refractivity contribution in [3.05, 3.63) is 51.9 Å². The predicted octanol–water partition coefficient (Wildman–Crippen LogP) is 4.85. The second-order valence-corrected chi connectivity index (χ2v) is 7.84. The van der Waals surface area contributed by atoms with Crippen molar-refractivity contribution in [2.45, 2.75) is 47.0 Å². The van der Waals surface area contributed by atoms with Gasteiger partial charge in [0.25, 0.3) is 5.91 Å². The predicted molar refractivity (Wildman–Crippen MR) is 120 cm³/mol. The molecule has 0 fully saturated rings. The first-order valence-corrected chi connectivity index (χ1v) is 11.2. The quantitative estimate of drug-likeness (QED) is 0.577. The molecule has 1 aromatic heterocycles. The SMILES string of the molecule is CCOC(=O)c1c(NC(=O)C(CC)c2ccccc2)sc(C(=O)N(CC)CC)c1C. The highest BCUT2D eigenvalue weighted by molar-refractivity contribution is 7.18. The summed E-state index contributed by atoms with van der Waals surface area (Å²) in [4.78, 5) is 40.8. The Bertz CT molecular complexity index is 888. The molecule has 2 amide bonds. The molecule has 0 spiro atoms. The van der Waals surface area contributed by atoms with E-state index in [0.717, 1.165) is 16.9 Å². The number of anilines is 1. The number of carbonyl (C=O) groups excluding carboxylic acids is 3. The van der Waals surface area contributed by atoms with E-state index < -0.39 is 5.97 Å². The van der Waals surface area contributed by atoms with Crippen LogP contribution in [0.2, 0.25) is 0 Å². The molecular weight excluding hydrogens is 400 g/mol. The number of nitrogens with one attached hydrogen (secondary N) is 1. The minimum atomic E-state index is -0.534. The number of hydrogen-bond donors (Lipinski definition) is 1. The summed E-state index contributed by atoms with van der Waals surface area (Å²) in [6, 6.07) is 9.52. The van der Waals surface area contributed by atoms with Crippen molar-refractivity contribution in [3.8, 4) is 0 Å². The molecule has 0 saturated heterocycles. The average Bonchev–Trinajstić information content (AvgIpc) is 3.06. The smallest absolute Gasteiger partial charge is 0.341 e. The normalized spacial score (nSPS) is 11.6. The molecule has 6 nitrogen and oxygen atoms in total. The monoisotopic (exact) mass is 430 g/mol. The number of nitrogens with zero attached hydrogens (tertiary/aromatic N) is 1. The summed E-state index contributed by atoms with van der Waals surface area (Å²) in [5, 5.41) is 3.26. The number of rotatable bonds is 9. The molecular formula is C23H30N2O4S. The van der Waals surface area contributed by atoms with Crippen LogP contribution in [0.1, 0.15) is 71.2 Å². The molecule has 1 heterocycles. The summed E-state index contributed by atoms with van der Waals surface area (Å²) in [7, 11) is 0. The molecule has 2 rings (SSSR count). The first-order valence-electron chi connectivity index (χ1n) is 10.3. The van der Waals surface area contributed by atoms with Crippen LogP contribution in [0.15, 0.2) is 30.3 Å². The van der Waals surface area contributed by atoms with Gasteiger partial charge < -0.3 is 15.0 Å². The van der Waals surface area contributed by atoms with Crippen molar-refractivity contribution in [1.82, 2.24) is 4.90 Å². The van der Waals surface area contributed by atoms with Gasteiger partial charge in [0, 0.05) is 13.1 Å². The molecule has 0 saturated carbocycles. The minimum Gasteiger partial charge on any atom is -0.462 e. The van der Waals surface area contributed by atoms with Crippen LogP contribution in [0.4, 0.5) is 5.00 Å². The summed E-state index contributed by atoms with van der Waals surface area (Å²) >= 11 is 1.13.